The second-order valence-corrected chi connectivity index (χ2v) is 5.78. The van der Waals surface area contributed by atoms with Gasteiger partial charge < -0.3 is 15.4 Å². The van der Waals surface area contributed by atoms with Crippen molar-refractivity contribution in [2.45, 2.75) is 39.3 Å². The van der Waals surface area contributed by atoms with Crippen LogP contribution in [0.4, 0.5) is 0 Å². The number of carbonyl (C=O) groups excluding carboxylic acids is 1. The van der Waals surface area contributed by atoms with E-state index in [1.165, 1.54) is 0 Å². The van der Waals surface area contributed by atoms with E-state index in [0.29, 0.717) is 10.8 Å². The van der Waals surface area contributed by atoms with Crippen LogP contribution >= 0.6 is 11.6 Å². The summed E-state index contributed by atoms with van der Waals surface area (Å²) < 4.78 is 5.46. The van der Waals surface area contributed by atoms with Crippen molar-refractivity contribution in [3.63, 3.8) is 0 Å². The first kappa shape index (κ1) is 16.8. The molecule has 0 aliphatic rings. The van der Waals surface area contributed by atoms with E-state index in [2.05, 4.69) is 10.6 Å². The Labute approximate surface area is 125 Å². The summed E-state index contributed by atoms with van der Waals surface area (Å²) in [7, 11) is 1.87. The van der Waals surface area contributed by atoms with Gasteiger partial charge in [0.1, 0.15) is 5.75 Å². The van der Waals surface area contributed by atoms with Crippen molar-refractivity contribution in [2.75, 3.05) is 13.7 Å². The van der Waals surface area contributed by atoms with Gasteiger partial charge in [-0.3, -0.25) is 4.79 Å². The molecule has 0 aliphatic heterocycles. The first-order chi connectivity index (χ1) is 9.38. The highest BCUT2D eigenvalue weighted by molar-refractivity contribution is 6.32. The number of carbonyl (C=O) groups is 1. The summed E-state index contributed by atoms with van der Waals surface area (Å²) >= 11 is 6.12. The molecule has 1 rings (SSSR count). The number of benzene rings is 1. The zero-order valence-corrected chi connectivity index (χ0v) is 13.3. The zero-order chi connectivity index (χ0) is 15.2. The van der Waals surface area contributed by atoms with Crippen LogP contribution in [0.2, 0.25) is 5.02 Å². The Bertz CT molecular complexity index is 461. The second kappa shape index (κ2) is 7.50. The molecule has 0 saturated carbocycles. The van der Waals surface area contributed by atoms with Crippen molar-refractivity contribution >= 4 is 17.5 Å². The summed E-state index contributed by atoms with van der Waals surface area (Å²) in [4.78, 5) is 11.8. The number of amides is 1. The monoisotopic (exact) mass is 298 g/mol. The summed E-state index contributed by atoms with van der Waals surface area (Å²) in [5.41, 5.74) is 0.849. The third-order valence-electron chi connectivity index (χ3n) is 3.10. The molecule has 0 aliphatic carbocycles. The van der Waals surface area contributed by atoms with Gasteiger partial charge in [-0.25, -0.2) is 0 Å². The van der Waals surface area contributed by atoms with Crippen LogP contribution in [-0.2, 0) is 11.3 Å². The molecule has 2 N–H and O–H groups in total. The molecule has 112 valence electrons. The lowest BCUT2D eigenvalue weighted by Crippen LogP contribution is -2.44. The van der Waals surface area contributed by atoms with E-state index < -0.39 is 0 Å². The summed E-state index contributed by atoms with van der Waals surface area (Å²) in [6, 6.07) is 5.54. The number of ether oxygens (including phenoxy) is 1. The molecule has 0 spiro atoms. The Morgan fingerprint density at radius 2 is 2.10 bits per heavy atom. The Kier molecular flexibility index (Phi) is 6.30. The van der Waals surface area contributed by atoms with Crippen LogP contribution in [-0.4, -0.2) is 25.1 Å². The minimum atomic E-state index is -0.221. The fourth-order valence-corrected chi connectivity index (χ4v) is 1.88. The summed E-state index contributed by atoms with van der Waals surface area (Å²) in [5.74, 6) is 0.378. The van der Waals surface area contributed by atoms with Crippen molar-refractivity contribution < 1.29 is 9.53 Å². The third kappa shape index (κ3) is 5.39. The highest BCUT2D eigenvalue weighted by Crippen LogP contribution is 2.25. The zero-order valence-electron chi connectivity index (χ0n) is 12.5. The molecular weight excluding hydrogens is 276 g/mol. The number of halogens is 1. The van der Waals surface area contributed by atoms with E-state index >= 15 is 0 Å². The Balaban J connectivity index is 2.55. The van der Waals surface area contributed by atoms with E-state index in [1.54, 1.807) is 6.07 Å². The molecule has 0 radical (unpaired) electrons. The second-order valence-electron chi connectivity index (χ2n) is 5.37. The maximum Gasteiger partial charge on any atom is 0.258 e. The lowest BCUT2D eigenvalue weighted by atomic mass is 10.0. The standard InChI is InChI=1S/C15H23ClN2O2/c1-5-15(2,3)18-14(19)10-20-13-7-6-11(9-17-4)8-12(13)16/h6-8,17H,5,9-10H2,1-4H3,(H,18,19). The number of rotatable bonds is 7. The first-order valence-corrected chi connectivity index (χ1v) is 7.12. The lowest BCUT2D eigenvalue weighted by Gasteiger charge is -2.24. The molecule has 1 amide bonds. The molecule has 0 aromatic heterocycles. The van der Waals surface area contributed by atoms with Crippen molar-refractivity contribution in [1.29, 1.82) is 0 Å². The highest BCUT2D eigenvalue weighted by atomic mass is 35.5. The van der Waals surface area contributed by atoms with E-state index in [1.807, 2.05) is 40.0 Å². The van der Waals surface area contributed by atoms with Gasteiger partial charge >= 0.3 is 0 Å². The van der Waals surface area contributed by atoms with E-state index in [4.69, 9.17) is 16.3 Å². The average Bonchev–Trinajstić information content (AvgIpc) is 2.37. The first-order valence-electron chi connectivity index (χ1n) is 6.75. The van der Waals surface area contributed by atoms with Crippen LogP contribution in [0.15, 0.2) is 18.2 Å². The summed E-state index contributed by atoms with van der Waals surface area (Å²) in [5, 5.41) is 6.47. The quantitative estimate of drug-likeness (QED) is 0.814. The maximum absolute atomic E-state index is 11.8. The van der Waals surface area contributed by atoms with Gasteiger partial charge in [-0.2, -0.15) is 0 Å². The molecule has 0 heterocycles. The summed E-state index contributed by atoms with van der Waals surface area (Å²) in [6.45, 7) is 6.69. The van der Waals surface area contributed by atoms with Gasteiger partial charge in [0, 0.05) is 12.1 Å². The normalized spacial score (nSPS) is 11.2. The Hall–Kier alpha value is -1.26. The third-order valence-corrected chi connectivity index (χ3v) is 3.39. The number of hydrogen-bond donors (Lipinski definition) is 2. The van der Waals surface area contributed by atoms with Crippen LogP contribution in [0.5, 0.6) is 5.75 Å². The van der Waals surface area contributed by atoms with Gasteiger partial charge in [0.2, 0.25) is 0 Å². The van der Waals surface area contributed by atoms with Crippen LogP contribution in [0.1, 0.15) is 32.8 Å². The van der Waals surface area contributed by atoms with Gasteiger partial charge in [0.25, 0.3) is 5.91 Å². The fourth-order valence-electron chi connectivity index (χ4n) is 1.62. The van der Waals surface area contributed by atoms with Gasteiger partial charge in [0.05, 0.1) is 5.02 Å². The van der Waals surface area contributed by atoms with Gasteiger partial charge in [0.15, 0.2) is 6.61 Å². The molecule has 5 heteroatoms. The average molecular weight is 299 g/mol. The van der Waals surface area contributed by atoms with Crippen molar-refractivity contribution in [3.8, 4) is 5.75 Å². The number of hydrogen-bond acceptors (Lipinski definition) is 3. The van der Waals surface area contributed by atoms with Crippen LogP contribution in [0.25, 0.3) is 0 Å². The molecule has 4 nitrogen and oxygen atoms in total. The molecule has 0 atom stereocenters. The van der Waals surface area contributed by atoms with E-state index in [9.17, 15) is 4.79 Å². The topological polar surface area (TPSA) is 50.4 Å². The van der Waals surface area contributed by atoms with Gasteiger partial charge in [-0.05, 0) is 45.0 Å². The molecule has 0 saturated heterocycles. The molecular formula is C15H23ClN2O2. The minimum Gasteiger partial charge on any atom is -0.482 e. The lowest BCUT2D eigenvalue weighted by molar-refractivity contribution is -0.124. The van der Waals surface area contributed by atoms with Crippen LogP contribution in [0.3, 0.4) is 0 Å². The maximum atomic E-state index is 11.8. The molecule has 0 fully saturated rings. The summed E-state index contributed by atoms with van der Waals surface area (Å²) in [6.07, 6.45) is 0.859. The molecule has 0 bridgehead atoms. The highest BCUT2D eigenvalue weighted by Gasteiger charge is 2.18. The fraction of sp³-hybridized carbons (Fsp3) is 0.533. The molecule has 20 heavy (non-hydrogen) atoms. The SMILES string of the molecule is CCC(C)(C)NC(=O)COc1ccc(CNC)cc1Cl. The van der Waals surface area contributed by atoms with Crippen molar-refractivity contribution in [1.82, 2.24) is 10.6 Å². The molecule has 1 aromatic carbocycles. The minimum absolute atomic E-state index is 0.0332. The van der Waals surface area contributed by atoms with Crippen LogP contribution < -0.4 is 15.4 Å². The van der Waals surface area contributed by atoms with Crippen molar-refractivity contribution in [3.05, 3.63) is 28.8 Å². The molecule has 0 unspecified atom stereocenters. The van der Waals surface area contributed by atoms with Gasteiger partial charge in [-0.1, -0.05) is 24.6 Å². The molecule has 1 aromatic rings. The van der Waals surface area contributed by atoms with E-state index in [0.717, 1.165) is 18.5 Å². The van der Waals surface area contributed by atoms with E-state index in [-0.39, 0.29) is 18.1 Å². The number of nitrogens with one attached hydrogen (secondary N) is 2. The smallest absolute Gasteiger partial charge is 0.258 e. The predicted octanol–water partition coefficient (Wildman–Crippen LogP) is 2.74. The Morgan fingerprint density at radius 1 is 1.40 bits per heavy atom. The van der Waals surface area contributed by atoms with Crippen molar-refractivity contribution in [2.24, 2.45) is 0 Å². The Morgan fingerprint density at radius 3 is 2.65 bits per heavy atom. The predicted molar refractivity (Wildman–Crippen MR) is 82.2 cm³/mol. The van der Waals surface area contributed by atoms with Gasteiger partial charge in [-0.15, -0.1) is 0 Å². The largest absolute Gasteiger partial charge is 0.482 e. The van der Waals surface area contributed by atoms with Crippen LogP contribution in [0, 0.1) is 0 Å².